The normalized spacial score (nSPS) is 13.6. The number of hydrogen-bond acceptors (Lipinski definition) is 2. The average molecular weight is 161 g/mol. The van der Waals surface area contributed by atoms with E-state index in [1.165, 1.54) is 6.42 Å². The maximum Gasteiger partial charge on any atom is 0.245 e. The Labute approximate surface area is 69.1 Å². The SMILES string of the molecule is CC.CCC.O=C1CCON1. The summed E-state index contributed by atoms with van der Waals surface area (Å²) in [6.07, 6.45) is 1.76. The van der Waals surface area contributed by atoms with Crippen LogP contribution in [0, 0.1) is 0 Å². The minimum Gasteiger partial charge on any atom is -0.273 e. The van der Waals surface area contributed by atoms with Crippen molar-refractivity contribution in [1.29, 1.82) is 0 Å². The van der Waals surface area contributed by atoms with Crippen molar-refractivity contribution < 1.29 is 9.63 Å². The fraction of sp³-hybridized carbons (Fsp3) is 0.875. The third kappa shape index (κ3) is 12.6. The molecule has 0 aromatic rings. The zero-order chi connectivity index (χ0) is 9.11. The van der Waals surface area contributed by atoms with E-state index < -0.39 is 0 Å². The molecule has 0 radical (unpaired) electrons. The van der Waals surface area contributed by atoms with Crippen LogP contribution in [0.1, 0.15) is 40.5 Å². The molecule has 1 heterocycles. The van der Waals surface area contributed by atoms with Crippen molar-refractivity contribution in [2.75, 3.05) is 6.61 Å². The largest absolute Gasteiger partial charge is 0.273 e. The molecule has 1 amide bonds. The summed E-state index contributed by atoms with van der Waals surface area (Å²) in [5.74, 6) is -0.0185. The maximum absolute atomic E-state index is 10.0. The highest BCUT2D eigenvalue weighted by atomic mass is 16.7. The molecule has 0 spiro atoms. The van der Waals surface area contributed by atoms with Gasteiger partial charge in [0.1, 0.15) is 0 Å². The Hall–Kier alpha value is -0.570. The molecule has 0 aromatic heterocycles. The van der Waals surface area contributed by atoms with Gasteiger partial charge < -0.3 is 0 Å². The molecule has 0 unspecified atom stereocenters. The van der Waals surface area contributed by atoms with Gasteiger partial charge in [-0.05, 0) is 0 Å². The van der Waals surface area contributed by atoms with Crippen molar-refractivity contribution in [1.82, 2.24) is 5.48 Å². The molecule has 68 valence electrons. The van der Waals surface area contributed by atoms with Gasteiger partial charge in [-0.1, -0.05) is 34.1 Å². The van der Waals surface area contributed by atoms with Gasteiger partial charge in [0.05, 0.1) is 13.0 Å². The lowest BCUT2D eigenvalue weighted by Crippen LogP contribution is -2.10. The van der Waals surface area contributed by atoms with Crippen LogP contribution < -0.4 is 5.48 Å². The molecule has 1 N–H and O–H groups in total. The van der Waals surface area contributed by atoms with Crippen molar-refractivity contribution in [2.24, 2.45) is 0 Å². The van der Waals surface area contributed by atoms with E-state index >= 15 is 0 Å². The van der Waals surface area contributed by atoms with Crippen molar-refractivity contribution in [3.8, 4) is 0 Å². The van der Waals surface area contributed by atoms with Gasteiger partial charge in [0.15, 0.2) is 0 Å². The molecule has 1 fully saturated rings. The zero-order valence-electron chi connectivity index (χ0n) is 7.94. The van der Waals surface area contributed by atoms with E-state index in [0.717, 1.165) is 0 Å². The van der Waals surface area contributed by atoms with E-state index in [1.54, 1.807) is 0 Å². The first-order valence-electron chi connectivity index (χ1n) is 4.21. The van der Waals surface area contributed by atoms with E-state index in [1.807, 2.05) is 13.8 Å². The van der Waals surface area contributed by atoms with Crippen molar-refractivity contribution in [2.45, 2.75) is 40.5 Å². The Morgan fingerprint density at radius 2 is 1.91 bits per heavy atom. The number of hydroxylamine groups is 1. The van der Waals surface area contributed by atoms with Gasteiger partial charge in [0, 0.05) is 0 Å². The number of amides is 1. The minimum atomic E-state index is -0.0185. The monoisotopic (exact) mass is 161 g/mol. The molecule has 0 aromatic carbocycles. The molecule has 0 bridgehead atoms. The summed E-state index contributed by atoms with van der Waals surface area (Å²) in [5.41, 5.74) is 2.18. The average Bonchev–Trinajstić information content (AvgIpc) is 2.46. The number of hydrogen-bond donors (Lipinski definition) is 1. The Morgan fingerprint density at radius 3 is 2.00 bits per heavy atom. The summed E-state index contributed by atoms with van der Waals surface area (Å²) in [6.45, 7) is 8.78. The van der Waals surface area contributed by atoms with Crippen molar-refractivity contribution >= 4 is 5.91 Å². The molecule has 0 aliphatic carbocycles. The highest BCUT2D eigenvalue weighted by Crippen LogP contribution is 1.87. The van der Waals surface area contributed by atoms with Crippen LogP contribution in [0.25, 0.3) is 0 Å². The van der Waals surface area contributed by atoms with Gasteiger partial charge in [-0.3, -0.25) is 9.63 Å². The van der Waals surface area contributed by atoms with Crippen LogP contribution in [0.2, 0.25) is 0 Å². The number of rotatable bonds is 0. The second-order valence-electron chi connectivity index (χ2n) is 1.83. The van der Waals surface area contributed by atoms with Gasteiger partial charge in [-0.15, -0.1) is 0 Å². The predicted molar refractivity (Wildman–Crippen MR) is 46.0 cm³/mol. The van der Waals surface area contributed by atoms with Crippen LogP contribution in [-0.4, -0.2) is 12.5 Å². The Bertz CT molecular complexity index is 76.2. The number of carbonyl (C=O) groups is 1. The summed E-state index contributed by atoms with van der Waals surface area (Å²) in [5, 5.41) is 0. The lowest BCUT2D eigenvalue weighted by Gasteiger charge is -1.81. The van der Waals surface area contributed by atoms with Crippen LogP contribution in [0.3, 0.4) is 0 Å². The van der Waals surface area contributed by atoms with E-state index in [9.17, 15) is 4.79 Å². The lowest BCUT2D eigenvalue weighted by molar-refractivity contribution is -0.124. The molecule has 3 heteroatoms. The van der Waals surface area contributed by atoms with E-state index in [2.05, 4.69) is 24.2 Å². The predicted octanol–water partition coefficient (Wildman–Crippen LogP) is 1.88. The van der Waals surface area contributed by atoms with E-state index in [-0.39, 0.29) is 5.91 Å². The lowest BCUT2D eigenvalue weighted by atomic mass is 10.5. The Balaban J connectivity index is 0. The summed E-state index contributed by atoms with van der Waals surface area (Å²) in [7, 11) is 0. The fourth-order valence-corrected chi connectivity index (χ4v) is 0.326. The van der Waals surface area contributed by atoms with Gasteiger partial charge >= 0.3 is 0 Å². The quantitative estimate of drug-likeness (QED) is 0.589. The summed E-state index contributed by atoms with van der Waals surface area (Å²) < 4.78 is 0. The van der Waals surface area contributed by atoms with Gasteiger partial charge in [0.2, 0.25) is 5.91 Å². The molecular formula is C8H19NO2. The Kier molecular flexibility index (Phi) is 14.4. The van der Waals surface area contributed by atoms with Crippen molar-refractivity contribution in [3.05, 3.63) is 0 Å². The second kappa shape index (κ2) is 12.1. The molecule has 1 saturated heterocycles. The molecule has 11 heavy (non-hydrogen) atoms. The van der Waals surface area contributed by atoms with Crippen LogP contribution in [0.4, 0.5) is 0 Å². The molecular weight excluding hydrogens is 142 g/mol. The molecule has 1 aliphatic rings. The van der Waals surface area contributed by atoms with Crippen LogP contribution in [0.15, 0.2) is 0 Å². The highest BCUT2D eigenvalue weighted by molar-refractivity contribution is 5.76. The Morgan fingerprint density at radius 1 is 1.45 bits per heavy atom. The smallest absolute Gasteiger partial charge is 0.245 e. The molecule has 1 rings (SSSR count). The maximum atomic E-state index is 10.0. The zero-order valence-corrected chi connectivity index (χ0v) is 7.94. The van der Waals surface area contributed by atoms with Crippen molar-refractivity contribution in [3.63, 3.8) is 0 Å². The van der Waals surface area contributed by atoms with E-state index in [0.29, 0.717) is 13.0 Å². The second-order valence-corrected chi connectivity index (χ2v) is 1.83. The molecule has 0 saturated carbocycles. The molecule has 0 atom stereocenters. The van der Waals surface area contributed by atoms with E-state index in [4.69, 9.17) is 0 Å². The third-order valence-electron chi connectivity index (χ3n) is 0.617. The summed E-state index contributed by atoms with van der Waals surface area (Å²) in [4.78, 5) is 14.5. The third-order valence-corrected chi connectivity index (χ3v) is 0.617. The summed E-state index contributed by atoms with van der Waals surface area (Å²) >= 11 is 0. The summed E-state index contributed by atoms with van der Waals surface area (Å²) in [6, 6.07) is 0. The first-order valence-corrected chi connectivity index (χ1v) is 4.21. The molecule has 1 aliphatic heterocycles. The molecule has 3 nitrogen and oxygen atoms in total. The minimum absolute atomic E-state index is 0.0185. The number of nitrogens with one attached hydrogen (secondary N) is 1. The van der Waals surface area contributed by atoms with Gasteiger partial charge in [-0.2, -0.15) is 0 Å². The standard InChI is InChI=1S/C3H5NO2.C3H8.C2H6/c5-3-1-2-6-4-3;1-3-2;1-2/h1-2H2,(H,4,5);3H2,1-2H3;1-2H3. The van der Waals surface area contributed by atoms with Gasteiger partial charge in [0.25, 0.3) is 0 Å². The first kappa shape index (κ1) is 13.1. The van der Waals surface area contributed by atoms with Crippen LogP contribution in [-0.2, 0) is 9.63 Å². The fourth-order valence-electron chi connectivity index (χ4n) is 0.326. The first-order chi connectivity index (χ1) is 5.31. The topological polar surface area (TPSA) is 38.3 Å². The van der Waals surface area contributed by atoms with Crippen LogP contribution in [0.5, 0.6) is 0 Å². The highest BCUT2D eigenvalue weighted by Gasteiger charge is 2.06. The number of carbonyl (C=O) groups excluding carboxylic acids is 1. The van der Waals surface area contributed by atoms with Gasteiger partial charge in [-0.25, -0.2) is 5.48 Å². The van der Waals surface area contributed by atoms with Crippen LogP contribution >= 0.6 is 0 Å².